The number of nitrogens with one attached hydrogen (secondary N) is 1. The van der Waals surface area contributed by atoms with Crippen LogP contribution in [0.2, 0.25) is 0 Å². The van der Waals surface area contributed by atoms with E-state index in [1.165, 1.54) is 0 Å². The second-order valence-electron chi connectivity index (χ2n) is 5.95. The van der Waals surface area contributed by atoms with E-state index in [1.54, 1.807) is 7.11 Å². The molecule has 2 heterocycles. The maximum atomic E-state index is 6.04. The molecule has 3 rings (SSSR count). The number of methoxy groups -OCH3 is 1. The highest BCUT2D eigenvalue weighted by atomic mass is 16.5. The third-order valence-electron chi connectivity index (χ3n) is 4.23. The number of nitrogens with zero attached hydrogens (tertiary/aromatic N) is 2. The van der Waals surface area contributed by atoms with Gasteiger partial charge in [0.1, 0.15) is 17.1 Å². The number of hydrogen-bond donors (Lipinski definition) is 1. The van der Waals surface area contributed by atoms with Crippen LogP contribution in [0.4, 0.5) is 0 Å². The molecule has 2 atom stereocenters. The van der Waals surface area contributed by atoms with Crippen molar-refractivity contribution in [3.63, 3.8) is 0 Å². The van der Waals surface area contributed by atoms with Crippen LogP contribution >= 0.6 is 0 Å². The van der Waals surface area contributed by atoms with E-state index in [2.05, 4.69) is 29.4 Å². The molecular weight excluding hydrogens is 306 g/mol. The number of rotatable bonds is 6. The van der Waals surface area contributed by atoms with Gasteiger partial charge in [0.25, 0.3) is 0 Å². The van der Waals surface area contributed by atoms with Gasteiger partial charge in [-0.15, -0.1) is 10.2 Å². The maximum Gasteiger partial charge on any atom is 0.233 e. The SMILES string of the molecule is CCc1nnc([C@H](C)N[C@H](C)c2oc3ccc(OC)cc3c2C)o1. The molecule has 0 saturated heterocycles. The van der Waals surface area contributed by atoms with Crippen molar-refractivity contribution in [2.75, 3.05) is 7.11 Å². The van der Waals surface area contributed by atoms with Gasteiger partial charge in [-0.25, -0.2) is 0 Å². The first-order valence-corrected chi connectivity index (χ1v) is 8.18. The number of benzene rings is 1. The lowest BCUT2D eigenvalue weighted by Gasteiger charge is -2.16. The Kier molecular flexibility index (Phi) is 4.57. The molecule has 0 aliphatic rings. The smallest absolute Gasteiger partial charge is 0.233 e. The Labute approximate surface area is 141 Å². The minimum absolute atomic E-state index is 0.00960. The molecule has 0 fully saturated rings. The molecule has 0 spiro atoms. The monoisotopic (exact) mass is 329 g/mol. The summed E-state index contributed by atoms with van der Waals surface area (Å²) in [7, 11) is 1.66. The van der Waals surface area contributed by atoms with Gasteiger partial charge in [-0.05, 0) is 39.0 Å². The molecule has 6 heteroatoms. The molecule has 2 aromatic heterocycles. The largest absolute Gasteiger partial charge is 0.497 e. The van der Waals surface area contributed by atoms with Gasteiger partial charge in [0.2, 0.25) is 11.8 Å². The van der Waals surface area contributed by atoms with Crippen LogP contribution in [0.25, 0.3) is 11.0 Å². The van der Waals surface area contributed by atoms with Crippen LogP contribution in [0.15, 0.2) is 27.0 Å². The van der Waals surface area contributed by atoms with Gasteiger partial charge in [-0.2, -0.15) is 0 Å². The summed E-state index contributed by atoms with van der Waals surface area (Å²) in [5.74, 6) is 2.97. The molecule has 128 valence electrons. The molecule has 0 radical (unpaired) electrons. The van der Waals surface area contributed by atoms with Gasteiger partial charge in [-0.1, -0.05) is 6.92 Å². The fraction of sp³-hybridized carbons (Fsp3) is 0.444. The molecule has 0 amide bonds. The fourth-order valence-corrected chi connectivity index (χ4v) is 2.87. The van der Waals surface area contributed by atoms with E-state index in [1.807, 2.05) is 32.0 Å². The summed E-state index contributed by atoms with van der Waals surface area (Å²) < 4.78 is 17.0. The highest BCUT2D eigenvalue weighted by Crippen LogP contribution is 2.32. The van der Waals surface area contributed by atoms with E-state index in [4.69, 9.17) is 13.6 Å². The van der Waals surface area contributed by atoms with E-state index in [-0.39, 0.29) is 12.1 Å². The van der Waals surface area contributed by atoms with Crippen molar-refractivity contribution in [2.45, 2.75) is 46.2 Å². The minimum atomic E-state index is -0.0602. The van der Waals surface area contributed by atoms with Crippen LogP contribution in [-0.4, -0.2) is 17.3 Å². The van der Waals surface area contributed by atoms with Gasteiger partial charge in [0.15, 0.2) is 0 Å². The topological polar surface area (TPSA) is 73.3 Å². The summed E-state index contributed by atoms with van der Waals surface area (Å²) in [5, 5.41) is 12.6. The van der Waals surface area contributed by atoms with Crippen LogP contribution < -0.4 is 10.1 Å². The van der Waals surface area contributed by atoms with E-state index >= 15 is 0 Å². The van der Waals surface area contributed by atoms with Crippen LogP contribution in [-0.2, 0) is 6.42 Å². The third-order valence-corrected chi connectivity index (χ3v) is 4.23. The molecule has 3 aromatic rings. The predicted molar refractivity (Wildman–Crippen MR) is 91.1 cm³/mol. The van der Waals surface area contributed by atoms with Gasteiger partial charge in [0, 0.05) is 17.4 Å². The number of hydrogen-bond acceptors (Lipinski definition) is 6. The number of fused-ring (bicyclic) bond motifs is 1. The predicted octanol–water partition coefficient (Wildman–Crippen LogP) is 4.11. The Balaban J connectivity index is 1.82. The van der Waals surface area contributed by atoms with E-state index in [0.717, 1.165) is 34.5 Å². The van der Waals surface area contributed by atoms with Gasteiger partial charge in [0.05, 0.1) is 19.2 Å². The van der Waals surface area contributed by atoms with Crippen LogP contribution in [0.1, 0.15) is 56.0 Å². The second kappa shape index (κ2) is 6.65. The van der Waals surface area contributed by atoms with Crippen molar-refractivity contribution in [1.82, 2.24) is 15.5 Å². The normalized spacial score (nSPS) is 14.0. The van der Waals surface area contributed by atoms with Crippen molar-refractivity contribution in [2.24, 2.45) is 0 Å². The first-order valence-electron chi connectivity index (χ1n) is 8.18. The summed E-state index contributed by atoms with van der Waals surface area (Å²) in [5.41, 5.74) is 1.96. The fourth-order valence-electron chi connectivity index (χ4n) is 2.87. The Morgan fingerprint density at radius 2 is 1.96 bits per heavy atom. The quantitative estimate of drug-likeness (QED) is 0.734. The summed E-state index contributed by atoms with van der Waals surface area (Å²) >= 11 is 0. The van der Waals surface area contributed by atoms with Crippen molar-refractivity contribution in [3.8, 4) is 5.75 Å². The Hall–Kier alpha value is -2.34. The highest BCUT2D eigenvalue weighted by Gasteiger charge is 2.21. The number of aryl methyl sites for hydroxylation is 2. The Morgan fingerprint density at radius 1 is 1.17 bits per heavy atom. The number of ether oxygens (including phenoxy) is 1. The Morgan fingerprint density at radius 3 is 2.62 bits per heavy atom. The molecule has 0 aliphatic carbocycles. The number of furan rings is 1. The van der Waals surface area contributed by atoms with Gasteiger partial charge >= 0.3 is 0 Å². The summed E-state index contributed by atoms with van der Waals surface area (Å²) in [4.78, 5) is 0. The van der Waals surface area contributed by atoms with Crippen LogP contribution in [0.5, 0.6) is 5.75 Å². The average molecular weight is 329 g/mol. The maximum absolute atomic E-state index is 6.04. The average Bonchev–Trinajstić information content (AvgIpc) is 3.19. The van der Waals surface area contributed by atoms with E-state index in [0.29, 0.717) is 11.8 Å². The molecule has 0 saturated carbocycles. The van der Waals surface area contributed by atoms with Crippen LogP contribution in [0, 0.1) is 6.92 Å². The summed E-state index contributed by atoms with van der Waals surface area (Å²) in [6.07, 6.45) is 0.736. The van der Waals surface area contributed by atoms with E-state index in [9.17, 15) is 0 Å². The lowest BCUT2D eigenvalue weighted by atomic mass is 10.1. The minimum Gasteiger partial charge on any atom is -0.497 e. The molecule has 24 heavy (non-hydrogen) atoms. The Bertz CT molecular complexity index is 837. The third kappa shape index (κ3) is 3.01. The van der Waals surface area contributed by atoms with Crippen molar-refractivity contribution in [1.29, 1.82) is 0 Å². The molecule has 0 aliphatic heterocycles. The molecule has 0 unspecified atom stereocenters. The molecule has 0 bridgehead atoms. The highest BCUT2D eigenvalue weighted by molar-refractivity contribution is 5.83. The standard InChI is InChI=1S/C18H23N3O3/c1-6-16-20-21-18(24-16)12(4)19-11(3)17-10(2)14-9-13(22-5)7-8-15(14)23-17/h7-9,11-12,19H,6H2,1-5H3/t11-,12+/m1/s1. The zero-order valence-corrected chi connectivity index (χ0v) is 14.7. The number of aromatic nitrogens is 2. The van der Waals surface area contributed by atoms with Gasteiger partial charge in [-0.3, -0.25) is 5.32 Å². The first-order chi connectivity index (χ1) is 11.5. The second-order valence-corrected chi connectivity index (χ2v) is 5.95. The zero-order valence-electron chi connectivity index (χ0n) is 14.7. The van der Waals surface area contributed by atoms with E-state index < -0.39 is 0 Å². The van der Waals surface area contributed by atoms with Crippen LogP contribution in [0.3, 0.4) is 0 Å². The van der Waals surface area contributed by atoms with Crippen molar-refractivity contribution >= 4 is 11.0 Å². The van der Waals surface area contributed by atoms with Gasteiger partial charge < -0.3 is 13.6 Å². The molecule has 6 nitrogen and oxygen atoms in total. The lowest BCUT2D eigenvalue weighted by Crippen LogP contribution is -2.23. The molecule has 1 aromatic carbocycles. The lowest BCUT2D eigenvalue weighted by molar-refractivity contribution is 0.353. The van der Waals surface area contributed by atoms with Crippen molar-refractivity contribution in [3.05, 3.63) is 41.3 Å². The zero-order chi connectivity index (χ0) is 17.3. The molecule has 1 N–H and O–H groups in total. The first kappa shape index (κ1) is 16.5. The summed E-state index contributed by atoms with van der Waals surface area (Å²) in [6.45, 7) is 8.12. The van der Waals surface area contributed by atoms with Crippen molar-refractivity contribution < 1.29 is 13.6 Å². The molecular formula is C18H23N3O3. The summed E-state index contributed by atoms with van der Waals surface area (Å²) in [6, 6.07) is 5.79.